The molecular weight excluding hydrogens is 292 g/mol. The summed E-state index contributed by atoms with van der Waals surface area (Å²) in [5.41, 5.74) is 2.32. The number of aromatic nitrogens is 1. The fourth-order valence-electron chi connectivity index (χ4n) is 2.77. The van der Waals surface area contributed by atoms with Gasteiger partial charge in [0.05, 0.1) is 20.8 Å². The van der Waals surface area contributed by atoms with E-state index in [2.05, 4.69) is 16.4 Å². The fraction of sp³-hybridized carbons (Fsp3) is 0.389. The maximum atomic E-state index is 5.85. The van der Waals surface area contributed by atoms with Crippen molar-refractivity contribution in [3.63, 3.8) is 0 Å². The molecule has 2 aromatic rings. The number of hydrogen-bond donors (Lipinski definition) is 1. The first kappa shape index (κ1) is 15.6. The Kier molecular flexibility index (Phi) is 4.98. The van der Waals surface area contributed by atoms with Crippen LogP contribution in [0.3, 0.4) is 0 Å². The zero-order chi connectivity index (χ0) is 16.1. The largest absolute Gasteiger partial charge is 0.497 e. The minimum Gasteiger partial charge on any atom is -0.497 e. The van der Waals surface area contributed by atoms with Crippen LogP contribution in [-0.2, 0) is 6.54 Å². The van der Waals surface area contributed by atoms with Crippen molar-refractivity contribution in [2.45, 2.75) is 25.4 Å². The Morgan fingerprint density at radius 3 is 2.87 bits per heavy atom. The van der Waals surface area contributed by atoms with Crippen molar-refractivity contribution in [1.82, 2.24) is 10.3 Å². The first-order valence-electron chi connectivity index (χ1n) is 7.83. The molecule has 0 saturated carbocycles. The summed E-state index contributed by atoms with van der Waals surface area (Å²) in [5, 5.41) is 3.61. The van der Waals surface area contributed by atoms with E-state index in [1.165, 1.54) is 5.56 Å². The first-order chi connectivity index (χ1) is 11.3. The predicted molar refractivity (Wildman–Crippen MR) is 88.1 cm³/mol. The summed E-state index contributed by atoms with van der Waals surface area (Å²) in [6.07, 6.45) is 3.91. The van der Waals surface area contributed by atoms with Crippen molar-refractivity contribution in [2.75, 3.05) is 20.8 Å². The molecule has 122 valence electrons. The molecule has 23 heavy (non-hydrogen) atoms. The topological polar surface area (TPSA) is 52.6 Å². The Morgan fingerprint density at radius 2 is 2.13 bits per heavy atom. The van der Waals surface area contributed by atoms with Crippen molar-refractivity contribution >= 4 is 0 Å². The highest BCUT2D eigenvalue weighted by Crippen LogP contribution is 2.34. The van der Waals surface area contributed by atoms with E-state index in [-0.39, 0.29) is 6.04 Å². The first-order valence-corrected chi connectivity index (χ1v) is 7.83. The molecule has 5 nitrogen and oxygen atoms in total. The second-order valence-electron chi connectivity index (χ2n) is 5.54. The lowest BCUT2D eigenvalue weighted by Gasteiger charge is -2.19. The summed E-state index contributed by atoms with van der Waals surface area (Å²) < 4.78 is 16.2. The van der Waals surface area contributed by atoms with Crippen molar-refractivity contribution < 1.29 is 14.2 Å². The van der Waals surface area contributed by atoms with Crippen molar-refractivity contribution in [1.29, 1.82) is 0 Å². The average Bonchev–Trinajstić information content (AvgIpc) is 2.81. The quantitative estimate of drug-likeness (QED) is 0.919. The van der Waals surface area contributed by atoms with E-state index in [1.54, 1.807) is 14.2 Å². The van der Waals surface area contributed by atoms with Crippen molar-refractivity contribution in [2.24, 2.45) is 0 Å². The van der Waals surface area contributed by atoms with Crippen LogP contribution in [-0.4, -0.2) is 25.8 Å². The smallest absolute Gasteiger partial charge is 0.212 e. The summed E-state index contributed by atoms with van der Waals surface area (Å²) in [7, 11) is 3.29. The van der Waals surface area contributed by atoms with Crippen LogP contribution in [0.15, 0.2) is 36.5 Å². The lowest BCUT2D eigenvalue weighted by Crippen LogP contribution is -2.20. The zero-order valence-electron chi connectivity index (χ0n) is 13.5. The number of rotatable bonds is 5. The summed E-state index contributed by atoms with van der Waals surface area (Å²) >= 11 is 0. The van der Waals surface area contributed by atoms with E-state index in [9.17, 15) is 0 Å². The van der Waals surface area contributed by atoms with E-state index in [4.69, 9.17) is 14.2 Å². The molecule has 1 aromatic heterocycles. The molecule has 0 spiro atoms. The van der Waals surface area contributed by atoms with Crippen molar-refractivity contribution in [3.05, 3.63) is 47.7 Å². The molecular formula is C18H22N2O3. The van der Waals surface area contributed by atoms with Gasteiger partial charge < -0.3 is 19.5 Å². The number of nitrogens with one attached hydrogen (secondary N) is 1. The highest BCUT2D eigenvalue weighted by atomic mass is 16.5. The molecule has 0 amide bonds. The van der Waals surface area contributed by atoms with Crippen LogP contribution < -0.4 is 19.5 Å². The molecule has 0 unspecified atom stereocenters. The van der Waals surface area contributed by atoms with Crippen LogP contribution >= 0.6 is 0 Å². The molecule has 0 aliphatic carbocycles. The Bertz CT molecular complexity index is 643. The lowest BCUT2D eigenvalue weighted by molar-refractivity contribution is 0.312. The summed E-state index contributed by atoms with van der Waals surface area (Å²) in [5.74, 6) is 2.37. The third kappa shape index (κ3) is 3.74. The number of hydrogen-bond acceptors (Lipinski definition) is 5. The van der Waals surface area contributed by atoms with Gasteiger partial charge in [0.15, 0.2) is 0 Å². The Labute approximate surface area is 136 Å². The maximum Gasteiger partial charge on any atom is 0.212 e. The Balaban J connectivity index is 1.72. The van der Waals surface area contributed by atoms with Crippen LogP contribution in [0.4, 0.5) is 0 Å². The number of fused-ring (bicyclic) bond motifs is 1. The van der Waals surface area contributed by atoms with Gasteiger partial charge in [0.1, 0.15) is 11.5 Å². The van der Waals surface area contributed by atoms with Gasteiger partial charge in [-0.25, -0.2) is 4.98 Å². The van der Waals surface area contributed by atoms with E-state index >= 15 is 0 Å². The van der Waals surface area contributed by atoms with Gasteiger partial charge in [-0.15, -0.1) is 0 Å². The van der Waals surface area contributed by atoms with Crippen LogP contribution in [0.2, 0.25) is 0 Å². The zero-order valence-corrected chi connectivity index (χ0v) is 13.5. The predicted octanol–water partition coefficient (Wildman–Crippen LogP) is 3.10. The highest BCUT2D eigenvalue weighted by molar-refractivity contribution is 5.43. The maximum absolute atomic E-state index is 5.85. The summed E-state index contributed by atoms with van der Waals surface area (Å²) in [6.45, 7) is 1.50. The second kappa shape index (κ2) is 7.33. The summed E-state index contributed by atoms with van der Waals surface area (Å²) in [4.78, 5) is 4.24. The van der Waals surface area contributed by atoms with E-state index in [0.29, 0.717) is 5.88 Å². The normalized spacial score (nSPS) is 16.9. The van der Waals surface area contributed by atoms with Gasteiger partial charge in [-0.2, -0.15) is 0 Å². The average molecular weight is 314 g/mol. The van der Waals surface area contributed by atoms with Gasteiger partial charge in [-0.1, -0.05) is 12.1 Å². The van der Waals surface area contributed by atoms with Gasteiger partial charge in [0.2, 0.25) is 5.88 Å². The molecule has 1 atom stereocenters. The molecule has 1 aliphatic rings. The molecule has 0 fully saturated rings. The minimum absolute atomic E-state index is 0.264. The molecule has 1 aromatic carbocycles. The molecule has 1 N–H and O–H groups in total. The number of methoxy groups -OCH3 is 2. The van der Waals surface area contributed by atoms with Gasteiger partial charge in [-0.3, -0.25) is 0 Å². The SMILES string of the molecule is COc1ccc2c(c1)OCCC[C@@H]2NCc1ccc(OC)nc1. The lowest BCUT2D eigenvalue weighted by atomic mass is 10.0. The highest BCUT2D eigenvalue weighted by Gasteiger charge is 2.20. The molecule has 5 heteroatoms. The third-order valence-electron chi connectivity index (χ3n) is 4.05. The molecule has 2 heterocycles. The fourth-order valence-corrected chi connectivity index (χ4v) is 2.77. The molecule has 0 saturated heterocycles. The van der Waals surface area contributed by atoms with E-state index in [0.717, 1.165) is 43.1 Å². The second-order valence-corrected chi connectivity index (χ2v) is 5.54. The van der Waals surface area contributed by atoms with E-state index < -0.39 is 0 Å². The van der Waals surface area contributed by atoms with Crippen LogP contribution in [0, 0.1) is 0 Å². The van der Waals surface area contributed by atoms with Gasteiger partial charge >= 0.3 is 0 Å². The number of ether oxygens (including phenoxy) is 3. The van der Waals surface area contributed by atoms with Gasteiger partial charge in [0.25, 0.3) is 0 Å². The number of pyridine rings is 1. The summed E-state index contributed by atoms with van der Waals surface area (Å²) in [6, 6.07) is 10.2. The van der Waals surface area contributed by atoms with Gasteiger partial charge in [0, 0.05) is 36.5 Å². The van der Waals surface area contributed by atoms with Crippen LogP contribution in [0.1, 0.15) is 30.0 Å². The molecule has 3 rings (SSSR count). The molecule has 0 radical (unpaired) electrons. The molecule has 1 aliphatic heterocycles. The Hall–Kier alpha value is -2.27. The van der Waals surface area contributed by atoms with E-state index in [1.807, 2.05) is 30.5 Å². The van der Waals surface area contributed by atoms with Crippen LogP contribution in [0.25, 0.3) is 0 Å². The number of nitrogens with zero attached hydrogens (tertiary/aromatic N) is 1. The number of benzene rings is 1. The minimum atomic E-state index is 0.264. The van der Waals surface area contributed by atoms with Gasteiger partial charge in [-0.05, 0) is 24.5 Å². The standard InChI is InChI=1S/C18H22N2O3/c1-21-14-6-7-15-16(4-3-9-23-17(15)10-14)19-11-13-5-8-18(22-2)20-12-13/h5-8,10,12,16,19H,3-4,9,11H2,1-2H3/t16-/m0/s1. The monoisotopic (exact) mass is 314 g/mol. The Morgan fingerprint density at radius 1 is 1.22 bits per heavy atom. The molecule has 0 bridgehead atoms. The van der Waals surface area contributed by atoms with Crippen LogP contribution in [0.5, 0.6) is 17.4 Å². The third-order valence-corrected chi connectivity index (χ3v) is 4.05. The van der Waals surface area contributed by atoms with Crippen molar-refractivity contribution in [3.8, 4) is 17.4 Å².